The van der Waals surface area contributed by atoms with E-state index in [1.807, 2.05) is 39.8 Å². The molecule has 0 aliphatic carbocycles. The van der Waals surface area contributed by atoms with Crippen molar-refractivity contribution in [2.24, 2.45) is 0 Å². The van der Waals surface area contributed by atoms with Crippen LogP contribution in [-0.2, 0) is 0 Å². The molecule has 8 rings (SSSR count). The number of anilines is 1. The van der Waals surface area contributed by atoms with Crippen LogP contribution in [0.25, 0.3) is 40.9 Å². The number of aryl methyl sites for hydroxylation is 9. The number of nitro benzene ring substituents is 1. The lowest BCUT2D eigenvalue weighted by Crippen LogP contribution is -1.90. The summed E-state index contributed by atoms with van der Waals surface area (Å²) in [6, 6.07) is 18.1. The molecule has 3 N–H and O–H groups in total. The summed E-state index contributed by atoms with van der Waals surface area (Å²) in [7, 11) is 0. The number of nitro groups is 1. The van der Waals surface area contributed by atoms with Gasteiger partial charge in [0.15, 0.2) is 0 Å². The maximum Gasteiger partial charge on any atom is 0.291 e. The Morgan fingerprint density at radius 1 is 0.528 bits per heavy atom. The second kappa shape index (κ2) is 17.6. The van der Waals surface area contributed by atoms with Gasteiger partial charge >= 0.3 is 0 Å². The summed E-state index contributed by atoms with van der Waals surface area (Å²) in [6.07, 6.45) is 0. The van der Waals surface area contributed by atoms with Crippen molar-refractivity contribution in [1.29, 1.82) is 0 Å². The Kier molecular flexibility index (Phi) is 13.5. The van der Waals surface area contributed by atoms with Crippen molar-refractivity contribution in [1.82, 2.24) is 19.9 Å². The molecule has 4 aromatic heterocycles. The lowest BCUT2D eigenvalue weighted by molar-refractivity contribution is -0.742. The zero-order valence-electron chi connectivity index (χ0n) is 30.7. The van der Waals surface area contributed by atoms with E-state index >= 15 is 0 Å². The van der Waals surface area contributed by atoms with Crippen LogP contribution in [0.2, 0.25) is 0 Å². The molecule has 0 radical (unpaired) electrons. The Labute approximate surface area is 321 Å². The van der Waals surface area contributed by atoms with Gasteiger partial charge in [0, 0.05) is 17.3 Å². The monoisotopic (exact) mass is 789 g/mol. The van der Waals surface area contributed by atoms with Crippen LogP contribution >= 0.6 is 45.3 Å². The lowest BCUT2D eigenvalue weighted by Gasteiger charge is -1.97. The third kappa shape index (κ3) is 11.2. The van der Waals surface area contributed by atoms with E-state index in [-0.39, 0.29) is 10.6 Å². The van der Waals surface area contributed by atoms with E-state index in [0.717, 1.165) is 58.0 Å². The van der Waals surface area contributed by atoms with Crippen LogP contribution in [-0.4, -0.2) is 35.2 Å². The molecule has 0 fully saturated rings. The van der Waals surface area contributed by atoms with Gasteiger partial charge in [0.25, 0.3) is 10.8 Å². The number of nitrogen functional groups attached to an aromatic ring is 1. The number of rotatable bonds is 1. The minimum absolute atomic E-state index is 0.168. The average molecular weight is 790 g/mol. The Morgan fingerprint density at radius 2 is 0.906 bits per heavy atom. The first-order valence-corrected chi connectivity index (χ1v) is 19.3. The fourth-order valence-electron chi connectivity index (χ4n) is 5.04. The van der Waals surface area contributed by atoms with Gasteiger partial charge < -0.3 is 10.9 Å². The Hall–Kier alpha value is -5.16. The van der Waals surface area contributed by atoms with Gasteiger partial charge in [-0.2, -0.15) is 0 Å². The van der Waals surface area contributed by atoms with Crippen LogP contribution < -0.4 is 5.73 Å². The lowest BCUT2D eigenvalue weighted by atomic mass is 10.1. The zero-order chi connectivity index (χ0) is 39.1. The van der Waals surface area contributed by atoms with Crippen LogP contribution in [0.1, 0.15) is 47.8 Å². The van der Waals surface area contributed by atoms with Crippen molar-refractivity contribution in [2.45, 2.75) is 62.3 Å². The number of hydrogen-bond acceptors (Lipinski definition) is 13. The van der Waals surface area contributed by atoms with E-state index in [9.17, 15) is 10.1 Å². The number of nitrogens with two attached hydrogens (primary N) is 1. The van der Waals surface area contributed by atoms with Gasteiger partial charge in [-0.25, -0.2) is 19.9 Å². The molecule has 276 valence electrons. The Morgan fingerprint density at radius 3 is 1.40 bits per heavy atom. The zero-order valence-corrected chi connectivity index (χ0v) is 33.9. The van der Waals surface area contributed by atoms with E-state index in [0.29, 0.717) is 5.56 Å². The van der Waals surface area contributed by atoms with Crippen molar-refractivity contribution in [2.75, 3.05) is 5.73 Å². The molecule has 0 aliphatic rings. The number of benzene rings is 4. The molecule has 53 heavy (non-hydrogen) atoms. The summed E-state index contributed by atoms with van der Waals surface area (Å²) in [5.41, 5.74) is 16.7. The number of hydrogen-bond donors (Lipinski definition) is 2. The first-order chi connectivity index (χ1) is 24.9. The summed E-state index contributed by atoms with van der Waals surface area (Å²) >= 11 is 6.67. The molecule has 0 saturated carbocycles. The van der Waals surface area contributed by atoms with Crippen molar-refractivity contribution in [3.63, 3.8) is 0 Å². The van der Waals surface area contributed by atoms with Gasteiger partial charge in [0.1, 0.15) is 0 Å². The maximum absolute atomic E-state index is 10.7. The molecule has 0 atom stereocenters. The number of thiazole rings is 4. The minimum atomic E-state index is -1.50. The van der Waals surface area contributed by atoms with Crippen molar-refractivity contribution in [3.05, 3.63) is 123 Å². The highest BCUT2D eigenvalue weighted by Crippen LogP contribution is 2.29. The highest BCUT2D eigenvalue weighted by atomic mass is 32.1. The van der Waals surface area contributed by atoms with Gasteiger partial charge in [-0.05, 0) is 127 Å². The predicted octanol–water partition coefficient (Wildman–Crippen LogP) is 11.1. The van der Waals surface area contributed by atoms with E-state index in [1.54, 1.807) is 53.1 Å². The van der Waals surface area contributed by atoms with Gasteiger partial charge in [0.2, 0.25) is 0 Å². The molecular formula is C37H39N7O5S4. The second-order valence-corrected chi connectivity index (χ2v) is 17.0. The molecule has 0 saturated heterocycles. The van der Waals surface area contributed by atoms with Crippen LogP contribution in [0.4, 0.5) is 11.4 Å². The van der Waals surface area contributed by atoms with Crippen molar-refractivity contribution >= 4 is 97.6 Å². The summed E-state index contributed by atoms with van der Waals surface area (Å²) in [4.78, 5) is 36.1. The first kappa shape index (κ1) is 40.6. The number of aromatic nitrogens is 4. The van der Waals surface area contributed by atoms with Gasteiger partial charge in [-0.15, -0.1) is 55.5 Å². The predicted molar refractivity (Wildman–Crippen MR) is 221 cm³/mol. The van der Waals surface area contributed by atoms with Crippen LogP contribution in [0, 0.1) is 82.5 Å². The van der Waals surface area contributed by atoms with E-state index in [2.05, 4.69) is 78.0 Å². The van der Waals surface area contributed by atoms with E-state index < -0.39 is 5.09 Å². The minimum Gasteiger partial charge on any atom is -0.398 e. The van der Waals surface area contributed by atoms with Gasteiger partial charge in [-0.3, -0.25) is 10.1 Å². The molecule has 16 heteroatoms. The maximum atomic E-state index is 10.7. The first-order valence-electron chi connectivity index (χ1n) is 16.1. The van der Waals surface area contributed by atoms with E-state index in [4.69, 9.17) is 21.1 Å². The fourth-order valence-corrected chi connectivity index (χ4v) is 8.45. The number of fused-ring (bicyclic) bond motifs is 4. The van der Waals surface area contributed by atoms with Gasteiger partial charge in [0.05, 0.1) is 65.8 Å². The Balaban J connectivity index is 0.000000153. The number of nitrogens with zero attached hydrogens (tertiary/aromatic N) is 6. The van der Waals surface area contributed by atoms with Crippen molar-refractivity contribution in [3.8, 4) is 0 Å². The molecule has 0 aliphatic heterocycles. The topological polar surface area (TPSA) is 184 Å². The molecule has 0 bridgehead atoms. The summed E-state index contributed by atoms with van der Waals surface area (Å²) in [6.45, 7) is 18.1. The summed E-state index contributed by atoms with van der Waals surface area (Å²) in [5, 5.41) is 28.6. The Bertz CT molecular complexity index is 2410. The van der Waals surface area contributed by atoms with Gasteiger partial charge in [-0.1, -0.05) is 6.07 Å². The average Bonchev–Trinajstić information content (AvgIpc) is 3.80. The molecular weight excluding hydrogens is 751 g/mol. The molecule has 4 aromatic carbocycles. The highest BCUT2D eigenvalue weighted by Gasteiger charge is 2.13. The molecule has 0 unspecified atom stereocenters. The smallest absolute Gasteiger partial charge is 0.291 e. The van der Waals surface area contributed by atoms with E-state index in [1.165, 1.54) is 42.1 Å². The second-order valence-electron chi connectivity index (χ2n) is 12.1. The SMILES string of the molecule is Cc1ccc2sc(C)nc2c1.Cc1nc2cc(C)c(C)cc2s1.Cc1nc2cc(C)c(N)cc2s1.Cc1nc2cc(C)c([N+](=O)[O-])cc2s1.O=[N+]([O-])O. The molecule has 8 aromatic rings. The van der Waals surface area contributed by atoms with Crippen molar-refractivity contribution < 1.29 is 15.2 Å². The molecule has 0 spiro atoms. The molecule has 0 amide bonds. The standard InChI is InChI=1S/C10H11NS.C9H8N2O2S.C9H10N2S.C9H9NS.HNO3/c1-6-4-9-10(5-7(6)2)12-8(3)11-9;1-5-3-7-9(14-6(2)10-7)4-8(5)11(12)13;1-5-3-8-9(4-7(5)10)12-6(2)11-8;1-6-3-4-9-8(5-6)10-7(2)11-9;2-1(3)4/h4-5H,1-3H3;3-4H,1-2H3;3-4H,10H2,1-2H3;3-5H,1-2H3;(H,2,3,4). The van der Waals surface area contributed by atoms with Crippen LogP contribution in [0.5, 0.6) is 0 Å². The highest BCUT2D eigenvalue weighted by molar-refractivity contribution is 7.19. The third-order valence-electron chi connectivity index (χ3n) is 7.65. The van der Waals surface area contributed by atoms with Crippen LogP contribution in [0.15, 0.2) is 54.6 Å². The summed E-state index contributed by atoms with van der Waals surface area (Å²) in [5.74, 6) is 0. The fraction of sp³-hybridized carbons (Fsp3) is 0.243. The van der Waals surface area contributed by atoms with Crippen LogP contribution in [0.3, 0.4) is 0 Å². The largest absolute Gasteiger partial charge is 0.398 e. The molecule has 12 nitrogen and oxygen atoms in total. The summed E-state index contributed by atoms with van der Waals surface area (Å²) < 4.78 is 4.64. The third-order valence-corrected chi connectivity index (χ3v) is 11.4. The normalized spacial score (nSPS) is 10.4. The molecule has 4 heterocycles. The quantitative estimate of drug-likeness (QED) is 0.0921.